The van der Waals surface area contributed by atoms with E-state index >= 15 is 0 Å². The Morgan fingerprint density at radius 1 is 1.67 bits per heavy atom. The largest absolute Gasteiger partial charge is 0.267 e. The summed E-state index contributed by atoms with van der Waals surface area (Å²) in [5.74, 6) is 0.702. The minimum absolute atomic E-state index is 0.702. The molecule has 1 heteroatoms. The molecule has 0 unspecified atom stereocenters. The maximum Gasteiger partial charge on any atom is 0.0195 e. The SMILES string of the molecule is C=CN=C(C)CC(C)C. The molecule has 0 radical (unpaired) electrons. The smallest absolute Gasteiger partial charge is 0.0195 e. The summed E-state index contributed by atoms with van der Waals surface area (Å²) in [6.45, 7) is 9.92. The zero-order valence-corrected chi connectivity index (χ0v) is 6.52. The summed E-state index contributed by atoms with van der Waals surface area (Å²) in [6, 6.07) is 0. The molecule has 1 nitrogen and oxygen atoms in total. The highest BCUT2D eigenvalue weighted by Gasteiger charge is 1.94. The van der Waals surface area contributed by atoms with Crippen LogP contribution < -0.4 is 0 Å². The van der Waals surface area contributed by atoms with Crippen LogP contribution in [0.1, 0.15) is 27.2 Å². The van der Waals surface area contributed by atoms with Crippen molar-refractivity contribution in [3.63, 3.8) is 0 Å². The molecule has 0 aromatic carbocycles. The fourth-order valence-electron chi connectivity index (χ4n) is 0.799. The average molecular weight is 125 g/mol. The van der Waals surface area contributed by atoms with Gasteiger partial charge in [-0.2, -0.15) is 0 Å². The summed E-state index contributed by atoms with van der Waals surface area (Å²) in [5, 5.41) is 0. The third-order valence-corrected chi connectivity index (χ3v) is 1.02. The van der Waals surface area contributed by atoms with Crippen LogP contribution in [0.25, 0.3) is 0 Å². The van der Waals surface area contributed by atoms with Crippen molar-refractivity contribution in [1.82, 2.24) is 0 Å². The lowest BCUT2D eigenvalue weighted by molar-refractivity contribution is 0.682. The van der Waals surface area contributed by atoms with E-state index in [9.17, 15) is 0 Å². The Balaban J connectivity index is 3.61. The second-order valence-corrected chi connectivity index (χ2v) is 2.64. The number of hydrogen-bond donors (Lipinski definition) is 0. The molecule has 0 spiro atoms. The van der Waals surface area contributed by atoms with Crippen molar-refractivity contribution in [3.8, 4) is 0 Å². The molecular weight excluding hydrogens is 110 g/mol. The van der Waals surface area contributed by atoms with Crippen LogP contribution in [0.2, 0.25) is 0 Å². The van der Waals surface area contributed by atoms with Gasteiger partial charge in [0.2, 0.25) is 0 Å². The Bertz CT molecular complexity index is 112. The Morgan fingerprint density at radius 2 is 2.22 bits per heavy atom. The molecule has 0 N–H and O–H groups in total. The Morgan fingerprint density at radius 3 is 2.56 bits per heavy atom. The van der Waals surface area contributed by atoms with Crippen molar-refractivity contribution < 1.29 is 0 Å². The van der Waals surface area contributed by atoms with Crippen LogP contribution in [0.15, 0.2) is 17.8 Å². The lowest BCUT2D eigenvalue weighted by atomic mass is 10.1. The van der Waals surface area contributed by atoms with Gasteiger partial charge in [0.25, 0.3) is 0 Å². The van der Waals surface area contributed by atoms with Crippen molar-refractivity contribution in [2.75, 3.05) is 0 Å². The van der Waals surface area contributed by atoms with Crippen molar-refractivity contribution in [2.45, 2.75) is 27.2 Å². The first-order valence-corrected chi connectivity index (χ1v) is 3.31. The minimum atomic E-state index is 0.702. The molecule has 52 valence electrons. The van der Waals surface area contributed by atoms with Crippen LogP contribution >= 0.6 is 0 Å². The van der Waals surface area contributed by atoms with E-state index in [1.165, 1.54) is 5.71 Å². The predicted molar refractivity (Wildman–Crippen MR) is 42.8 cm³/mol. The highest BCUT2D eigenvalue weighted by molar-refractivity contribution is 5.82. The van der Waals surface area contributed by atoms with Gasteiger partial charge in [-0.3, -0.25) is 4.99 Å². The Labute approximate surface area is 57.5 Å². The van der Waals surface area contributed by atoms with Gasteiger partial charge in [0.15, 0.2) is 0 Å². The lowest BCUT2D eigenvalue weighted by Crippen LogP contribution is -1.96. The summed E-state index contributed by atoms with van der Waals surface area (Å²) in [5.41, 5.74) is 1.17. The van der Waals surface area contributed by atoms with E-state index in [0.717, 1.165) is 6.42 Å². The molecule has 0 aliphatic carbocycles. The topological polar surface area (TPSA) is 12.4 Å². The average Bonchev–Trinajstić information content (AvgIpc) is 1.63. The molecule has 0 aliphatic rings. The first-order valence-electron chi connectivity index (χ1n) is 3.31. The van der Waals surface area contributed by atoms with Crippen LogP contribution in [-0.2, 0) is 0 Å². The second kappa shape index (κ2) is 4.30. The quantitative estimate of drug-likeness (QED) is 0.514. The van der Waals surface area contributed by atoms with E-state index in [-0.39, 0.29) is 0 Å². The summed E-state index contributed by atoms with van der Waals surface area (Å²) in [6.07, 6.45) is 2.67. The molecule has 0 aliphatic heterocycles. The van der Waals surface area contributed by atoms with E-state index in [1.807, 2.05) is 6.92 Å². The van der Waals surface area contributed by atoms with Gasteiger partial charge < -0.3 is 0 Å². The van der Waals surface area contributed by atoms with Crippen LogP contribution in [-0.4, -0.2) is 5.71 Å². The minimum Gasteiger partial charge on any atom is -0.267 e. The van der Waals surface area contributed by atoms with Gasteiger partial charge in [-0.15, -0.1) is 0 Å². The molecule has 0 saturated carbocycles. The zero-order chi connectivity index (χ0) is 7.28. The second-order valence-electron chi connectivity index (χ2n) is 2.64. The maximum atomic E-state index is 4.05. The third-order valence-electron chi connectivity index (χ3n) is 1.02. The predicted octanol–water partition coefficient (Wildman–Crippen LogP) is 2.64. The summed E-state index contributed by atoms with van der Waals surface area (Å²) < 4.78 is 0. The van der Waals surface area contributed by atoms with E-state index in [0.29, 0.717) is 5.92 Å². The van der Waals surface area contributed by atoms with Gasteiger partial charge >= 0.3 is 0 Å². The number of rotatable bonds is 3. The van der Waals surface area contributed by atoms with Crippen molar-refractivity contribution in [2.24, 2.45) is 10.9 Å². The molecule has 0 fully saturated rings. The molecular formula is C8H15N. The molecule has 0 aromatic rings. The fourth-order valence-corrected chi connectivity index (χ4v) is 0.799. The monoisotopic (exact) mass is 125 g/mol. The van der Waals surface area contributed by atoms with Gasteiger partial charge in [0.1, 0.15) is 0 Å². The number of aliphatic imine (C=N–C) groups is 1. The number of hydrogen-bond acceptors (Lipinski definition) is 1. The highest BCUT2D eigenvalue weighted by Crippen LogP contribution is 2.00. The summed E-state index contributed by atoms with van der Waals surface area (Å²) in [7, 11) is 0. The van der Waals surface area contributed by atoms with Gasteiger partial charge in [-0.25, -0.2) is 0 Å². The third kappa shape index (κ3) is 5.28. The highest BCUT2D eigenvalue weighted by atomic mass is 14.7. The van der Waals surface area contributed by atoms with E-state index in [4.69, 9.17) is 0 Å². The van der Waals surface area contributed by atoms with Crippen LogP contribution in [0.5, 0.6) is 0 Å². The first-order chi connectivity index (χ1) is 4.16. The summed E-state index contributed by atoms with van der Waals surface area (Å²) in [4.78, 5) is 4.05. The van der Waals surface area contributed by atoms with Gasteiger partial charge in [0, 0.05) is 11.9 Å². The molecule has 0 amide bonds. The molecule has 9 heavy (non-hydrogen) atoms. The normalized spacial score (nSPS) is 12.2. The first kappa shape index (κ1) is 8.41. The van der Waals surface area contributed by atoms with Crippen molar-refractivity contribution >= 4 is 5.71 Å². The van der Waals surface area contributed by atoms with E-state index in [1.54, 1.807) is 6.20 Å². The van der Waals surface area contributed by atoms with Crippen LogP contribution in [0.3, 0.4) is 0 Å². The fraction of sp³-hybridized carbons (Fsp3) is 0.625. The van der Waals surface area contributed by atoms with E-state index in [2.05, 4.69) is 25.4 Å². The van der Waals surface area contributed by atoms with Crippen LogP contribution in [0, 0.1) is 5.92 Å². The summed E-state index contributed by atoms with van der Waals surface area (Å²) >= 11 is 0. The van der Waals surface area contributed by atoms with E-state index < -0.39 is 0 Å². The molecule has 0 heterocycles. The zero-order valence-electron chi connectivity index (χ0n) is 6.52. The van der Waals surface area contributed by atoms with Gasteiger partial charge in [0.05, 0.1) is 0 Å². The maximum absolute atomic E-state index is 4.05. The van der Waals surface area contributed by atoms with Crippen LogP contribution in [0.4, 0.5) is 0 Å². The molecule has 0 saturated heterocycles. The number of nitrogens with zero attached hydrogens (tertiary/aromatic N) is 1. The Hall–Kier alpha value is -0.590. The molecule has 0 aromatic heterocycles. The lowest BCUT2D eigenvalue weighted by Gasteiger charge is -2.00. The Kier molecular flexibility index (Phi) is 4.02. The molecule has 0 rings (SSSR count). The van der Waals surface area contributed by atoms with Gasteiger partial charge in [-0.05, 0) is 19.3 Å². The van der Waals surface area contributed by atoms with Gasteiger partial charge in [-0.1, -0.05) is 20.4 Å². The standard InChI is InChI=1S/C8H15N/c1-5-9-8(4)6-7(2)3/h5,7H,1,6H2,2-4H3. The molecule has 0 atom stereocenters. The molecule has 0 bridgehead atoms. The van der Waals surface area contributed by atoms with Crippen molar-refractivity contribution in [3.05, 3.63) is 12.8 Å². The van der Waals surface area contributed by atoms with Crippen molar-refractivity contribution in [1.29, 1.82) is 0 Å².